The second-order valence-corrected chi connectivity index (χ2v) is 8.70. The van der Waals surface area contributed by atoms with E-state index in [0.29, 0.717) is 11.1 Å². The molecule has 4 aromatic rings. The van der Waals surface area contributed by atoms with Gasteiger partial charge in [-0.05, 0) is 34.9 Å². The molecular formula is C26H20O6S. The number of aliphatic carboxylic acids is 1. The van der Waals surface area contributed by atoms with E-state index in [0.717, 1.165) is 33.0 Å². The van der Waals surface area contributed by atoms with E-state index < -0.39 is 5.97 Å². The number of carbonyl (C=O) groups is 2. The van der Waals surface area contributed by atoms with Crippen LogP contribution in [0.5, 0.6) is 17.2 Å². The number of phenolic OH excluding ortho intramolecular Hbond substituents is 3. The standard InChI is InChI=1S/C26H20O6S/c27-18-12-22(29)26(23(30)13-18)17-6-3-5-16(10-17)21(28)11-15-4-1-2-7-20(15)24-9-8-19(33-24)14-25(31)32/h1-10,12-13,27,29-30H,11,14H2,(H,31,32). The molecule has 7 heteroatoms. The molecule has 3 aromatic carbocycles. The summed E-state index contributed by atoms with van der Waals surface area (Å²) < 4.78 is 0. The minimum atomic E-state index is -0.891. The van der Waals surface area contributed by atoms with Crippen molar-refractivity contribution in [2.75, 3.05) is 0 Å². The van der Waals surface area contributed by atoms with Crippen LogP contribution in [0, 0.1) is 0 Å². The molecule has 33 heavy (non-hydrogen) atoms. The van der Waals surface area contributed by atoms with Crippen LogP contribution in [-0.2, 0) is 17.6 Å². The molecule has 1 aromatic heterocycles. The zero-order chi connectivity index (χ0) is 23.5. The molecule has 4 rings (SSSR count). The van der Waals surface area contributed by atoms with Gasteiger partial charge in [0.15, 0.2) is 5.78 Å². The predicted octanol–water partition coefficient (Wildman–Crippen LogP) is 5.25. The number of carboxylic acids is 1. The molecule has 0 radical (unpaired) electrons. The van der Waals surface area contributed by atoms with Gasteiger partial charge in [0.25, 0.3) is 0 Å². The van der Waals surface area contributed by atoms with Crippen LogP contribution in [0.2, 0.25) is 0 Å². The maximum absolute atomic E-state index is 13.1. The third-order valence-electron chi connectivity index (χ3n) is 5.18. The summed E-state index contributed by atoms with van der Waals surface area (Å²) in [7, 11) is 0. The number of hydrogen-bond donors (Lipinski definition) is 4. The van der Waals surface area contributed by atoms with Gasteiger partial charge < -0.3 is 20.4 Å². The van der Waals surface area contributed by atoms with Gasteiger partial charge in [-0.25, -0.2) is 0 Å². The minimum Gasteiger partial charge on any atom is -0.508 e. The molecule has 0 aliphatic rings. The van der Waals surface area contributed by atoms with Crippen molar-refractivity contribution in [3.63, 3.8) is 0 Å². The topological polar surface area (TPSA) is 115 Å². The number of carboxylic acid groups (broad SMARTS) is 1. The smallest absolute Gasteiger partial charge is 0.308 e. The lowest BCUT2D eigenvalue weighted by Crippen LogP contribution is -2.04. The van der Waals surface area contributed by atoms with E-state index in [9.17, 15) is 24.9 Å². The number of aromatic hydroxyl groups is 3. The van der Waals surface area contributed by atoms with Gasteiger partial charge in [-0.1, -0.05) is 42.5 Å². The fraction of sp³-hybridized carbons (Fsp3) is 0.0769. The molecule has 0 bridgehead atoms. The van der Waals surface area contributed by atoms with Gasteiger partial charge in [0.2, 0.25) is 0 Å². The van der Waals surface area contributed by atoms with E-state index in [1.807, 2.05) is 30.3 Å². The molecule has 0 saturated heterocycles. The van der Waals surface area contributed by atoms with Crippen molar-refractivity contribution >= 4 is 23.1 Å². The zero-order valence-electron chi connectivity index (χ0n) is 17.4. The van der Waals surface area contributed by atoms with Gasteiger partial charge >= 0.3 is 5.97 Å². The quantitative estimate of drug-likeness (QED) is 0.280. The summed E-state index contributed by atoms with van der Waals surface area (Å²) in [6.07, 6.45) is 0.0782. The van der Waals surface area contributed by atoms with Crippen molar-refractivity contribution in [2.24, 2.45) is 0 Å². The Bertz CT molecular complexity index is 1330. The molecule has 0 amide bonds. The molecule has 166 valence electrons. The maximum Gasteiger partial charge on any atom is 0.308 e. The van der Waals surface area contributed by atoms with Crippen LogP contribution in [0.25, 0.3) is 21.6 Å². The Morgan fingerprint density at radius 3 is 2.24 bits per heavy atom. The lowest BCUT2D eigenvalue weighted by molar-refractivity contribution is -0.136. The first-order valence-corrected chi connectivity index (χ1v) is 10.9. The van der Waals surface area contributed by atoms with Gasteiger partial charge in [0.05, 0.1) is 12.0 Å². The highest BCUT2D eigenvalue weighted by Gasteiger charge is 2.16. The Labute approximate surface area is 193 Å². The maximum atomic E-state index is 13.1. The summed E-state index contributed by atoms with van der Waals surface area (Å²) in [5.41, 5.74) is 2.67. The summed E-state index contributed by atoms with van der Waals surface area (Å²) >= 11 is 1.39. The Morgan fingerprint density at radius 2 is 1.52 bits per heavy atom. The average Bonchev–Trinajstić information content (AvgIpc) is 3.21. The van der Waals surface area contributed by atoms with E-state index >= 15 is 0 Å². The zero-order valence-corrected chi connectivity index (χ0v) is 18.2. The van der Waals surface area contributed by atoms with Crippen molar-refractivity contribution in [2.45, 2.75) is 12.8 Å². The fourth-order valence-electron chi connectivity index (χ4n) is 3.70. The molecule has 0 aliphatic heterocycles. The predicted molar refractivity (Wildman–Crippen MR) is 126 cm³/mol. The first kappa shape index (κ1) is 22.1. The monoisotopic (exact) mass is 460 g/mol. The molecule has 0 aliphatic carbocycles. The number of rotatable bonds is 7. The number of hydrogen-bond acceptors (Lipinski definition) is 6. The van der Waals surface area contributed by atoms with Crippen LogP contribution in [0.4, 0.5) is 0 Å². The lowest BCUT2D eigenvalue weighted by Gasteiger charge is -2.11. The molecule has 0 fully saturated rings. The third kappa shape index (κ3) is 4.88. The fourth-order valence-corrected chi connectivity index (χ4v) is 4.76. The minimum absolute atomic E-state index is 0.0461. The van der Waals surface area contributed by atoms with Crippen LogP contribution >= 0.6 is 11.3 Å². The van der Waals surface area contributed by atoms with Gasteiger partial charge in [-0.3, -0.25) is 9.59 Å². The van der Waals surface area contributed by atoms with Gasteiger partial charge in [0, 0.05) is 33.9 Å². The Hall–Kier alpha value is -4.10. The van der Waals surface area contributed by atoms with Crippen molar-refractivity contribution in [3.8, 4) is 38.8 Å². The summed E-state index contributed by atoms with van der Waals surface area (Å²) in [5, 5.41) is 38.9. The Kier molecular flexibility index (Phi) is 6.15. The average molecular weight is 461 g/mol. The first-order valence-electron chi connectivity index (χ1n) is 10.1. The van der Waals surface area contributed by atoms with Crippen LogP contribution < -0.4 is 0 Å². The number of carbonyl (C=O) groups excluding carboxylic acids is 1. The highest BCUT2D eigenvalue weighted by Crippen LogP contribution is 2.40. The van der Waals surface area contributed by atoms with E-state index in [-0.39, 0.29) is 41.4 Å². The van der Waals surface area contributed by atoms with E-state index in [4.69, 9.17) is 5.11 Å². The summed E-state index contributed by atoms with van der Waals surface area (Å²) in [4.78, 5) is 25.7. The van der Waals surface area contributed by atoms with Crippen LogP contribution in [0.1, 0.15) is 20.8 Å². The van der Waals surface area contributed by atoms with Crippen molar-refractivity contribution < 1.29 is 30.0 Å². The number of Topliss-reactive ketones (excluding diaryl/α,β-unsaturated/α-hetero) is 1. The lowest BCUT2D eigenvalue weighted by atomic mass is 9.95. The molecular weight excluding hydrogens is 440 g/mol. The van der Waals surface area contributed by atoms with Gasteiger partial charge in [-0.15, -0.1) is 11.3 Å². The van der Waals surface area contributed by atoms with Crippen LogP contribution in [0.3, 0.4) is 0 Å². The van der Waals surface area contributed by atoms with Gasteiger partial charge in [-0.2, -0.15) is 0 Å². The largest absolute Gasteiger partial charge is 0.508 e. The number of benzene rings is 3. The van der Waals surface area contributed by atoms with E-state index in [2.05, 4.69) is 0 Å². The third-order valence-corrected chi connectivity index (χ3v) is 6.29. The van der Waals surface area contributed by atoms with Crippen LogP contribution in [0.15, 0.2) is 72.8 Å². The van der Waals surface area contributed by atoms with Crippen molar-refractivity contribution in [1.82, 2.24) is 0 Å². The first-order chi connectivity index (χ1) is 15.8. The molecule has 0 atom stereocenters. The SMILES string of the molecule is O=C(O)Cc1ccc(-c2ccccc2CC(=O)c2cccc(-c3c(O)cc(O)cc3O)c2)s1. The Morgan fingerprint density at radius 1 is 0.788 bits per heavy atom. The molecule has 0 saturated carbocycles. The number of ketones is 1. The highest BCUT2D eigenvalue weighted by molar-refractivity contribution is 7.15. The molecule has 0 unspecified atom stereocenters. The Balaban J connectivity index is 1.62. The van der Waals surface area contributed by atoms with Crippen molar-refractivity contribution in [3.05, 3.63) is 88.8 Å². The van der Waals surface area contributed by atoms with E-state index in [1.165, 1.54) is 11.3 Å². The van der Waals surface area contributed by atoms with Gasteiger partial charge in [0.1, 0.15) is 17.2 Å². The molecule has 1 heterocycles. The molecule has 0 spiro atoms. The second kappa shape index (κ2) is 9.18. The molecule has 6 nitrogen and oxygen atoms in total. The highest BCUT2D eigenvalue weighted by atomic mass is 32.1. The summed E-state index contributed by atoms with van der Waals surface area (Å²) in [6, 6.07) is 20.0. The van der Waals surface area contributed by atoms with Crippen molar-refractivity contribution in [1.29, 1.82) is 0 Å². The van der Waals surface area contributed by atoms with E-state index in [1.54, 1.807) is 30.3 Å². The summed E-state index contributed by atoms with van der Waals surface area (Å²) in [5.74, 6) is -1.89. The summed E-state index contributed by atoms with van der Waals surface area (Å²) in [6.45, 7) is 0. The second-order valence-electron chi connectivity index (χ2n) is 7.53. The number of thiophene rings is 1. The molecule has 4 N–H and O–H groups in total. The normalized spacial score (nSPS) is 10.8. The number of phenols is 3. The van der Waals surface area contributed by atoms with Crippen LogP contribution in [-0.4, -0.2) is 32.2 Å².